The molecule has 3 unspecified atom stereocenters. The summed E-state index contributed by atoms with van der Waals surface area (Å²) in [7, 11) is 0. The smallest absolute Gasteiger partial charge is 0.225 e. The van der Waals surface area contributed by atoms with Crippen molar-refractivity contribution in [2.75, 3.05) is 19.7 Å². The fourth-order valence-electron chi connectivity index (χ4n) is 2.87. The predicted octanol–water partition coefficient (Wildman–Crippen LogP) is 1.06. The van der Waals surface area contributed by atoms with Crippen LogP contribution in [0, 0.1) is 5.92 Å². The third-order valence-corrected chi connectivity index (χ3v) is 4.06. The topological polar surface area (TPSA) is 50.4 Å². The van der Waals surface area contributed by atoms with E-state index in [4.69, 9.17) is 4.74 Å². The van der Waals surface area contributed by atoms with Crippen LogP contribution >= 0.6 is 0 Å². The number of ether oxygens (including phenoxy) is 1. The number of carbonyl (C=O) groups is 1. The largest absolute Gasteiger partial charge is 0.377 e. The van der Waals surface area contributed by atoms with E-state index in [-0.39, 0.29) is 23.5 Å². The Balaban J connectivity index is 1.80. The summed E-state index contributed by atoms with van der Waals surface area (Å²) in [6.07, 6.45) is 4.27. The average molecular weight is 240 g/mol. The van der Waals surface area contributed by atoms with Gasteiger partial charge in [0.25, 0.3) is 0 Å². The maximum Gasteiger partial charge on any atom is 0.225 e. The van der Waals surface area contributed by atoms with Gasteiger partial charge in [0.2, 0.25) is 5.91 Å². The van der Waals surface area contributed by atoms with Crippen molar-refractivity contribution in [1.29, 1.82) is 0 Å². The van der Waals surface area contributed by atoms with Crippen LogP contribution in [0.1, 0.15) is 39.5 Å². The second-order valence-electron chi connectivity index (χ2n) is 5.52. The predicted molar refractivity (Wildman–Crippen MR) is 66.8 cm³/mol. The Hall–Kier alpha value is -0.610. The molecule has 3 atom stereocenters. The van der Waals surface area contributed by atoms with Crippen LogP contribution in [-0.4, -0.2) is 37.2 Å². The highest BCUT2D eigenvalue weighted by Crippen LogP contribution is 2.24. The summed E-state index contributed by atoms with van der Waals surface area (Å²) in [6.45, 7) is 6.79. The highest BCUT2D eigenvalue weighted by Gasteiger charge is 2.34. The van der Waals surface area contributed by atoms with Gasteiger partial charge in [0.1, 0.15) is 0 Å². The summed E-state index contributed by atoms with van der Waals surface area (Å²) < 4.78 is 5.56. The molecular formula is C13H24N2O2. The standard InChI is InChI=1S/C13H24N2O2/c1-3-11-10(5-8-17-11)12(16)14-9-13(2)6-4-7-15-13/h10-11,15H,3-9H2,1-2H3,(H,14,16). The summed E-state index contributed by atoms with van der Waals surface area (Å²) in [5, 5.41) is 6.55. The zero-order valence-electron chi connectivity index (χ0n) is 10.9. The van der Waals surface area contributed by atoms with Gasteiger partial charge >= 0.3 is 0 Å². The lowest BCUT2D eigenvalue weighted by molar-refractivity contribution is -0.127. The molecule has 2 fully saturated rings. The Morgan fingerprint density at radius 2 is 2.41 bits per heavy atom. The Kier molecular flexibility index (Phi) is 4.05. The molecular weight excluding hydrogens is 216 g/mol. The van der Waals surface area contributed by atoms with Crippen molar-refractivity contribution >= 4 is 5.91 Å². The first-order chi connectivity index (χ1) is 8.14. The molecule has 2 heterocycles. The Labute approximate surface area is 103 Å². The molecule has 2 saturated heterocycles. The SMILES string of the molecule is CCC1OCCC1C(=O)NCC1(C)CCCN1. The van der Waals surface area contributed by atoms with E-state index in [1.54, 1.807) is 0 Å². The van der Waals surface area contributed by atoms with E-state index >= 15 is 0 Å². The van der Waals surface area contributed by atoms with E-state index in [2.05, 4.69) is 24.5 Å². The van der Waals surface area contributed by atoms with Crippen molar-refractivity contribution in [3.05, 3.63) is 0 Å². The van der Waals surface area contributed by atoms with Crippen molar-refractivity contribution in [3.8, 4) is 0 Å². The van der Waals surface area contributed by atoms with Gasteiger partial charge in [0.05, 0.1) is 12.0 Å². The summed E-state index contributed by atoms with van der Waals surface area (Å²) >= 11 is 0. The van der Waals surface area contributed by atoms with E-state index in [1.165, 1.54) is 6.42 Å². The fourth-order valence-corrected chi connectivity index (χ4v) is 2.87. The molecule has 0 aromatic rings. The fraction of sp³-hybridized carbons (Fsp3) is 0.923. The quantitative estimate of drug-likeness (QED) is 0.772. The molecule has 0 spiro atoms. The second-order valence-corrected chi connectivity index (χ2v) is 5.52. The highest BCUT2D eigenvalue weighted by molar-refractivity contribution is 5.79. The van der Waals surface area contributed by atoms with Gasteiger partial charge in [-0.05, 0) is 39.2 Å². The zero-order valence-corrected chi connectivity index (χ0v) is 10.9. The summed E-state index contributed by atoms with van der Waals surface area (Å²) in [4.78, 5) is 12.1. The molecule has 2 N–H and O–H groups in total. The lowest BCUT2D eigenvalue weighted by Crippen LogP contribution is -2.49. The molecule has 2 rings (SSSR count). The van der Waals surface area contributed by atoms with Crippen LogP contribution in [0.25, 0.3) is 0 Å². The minimum Gasteiger partial charge on any atom is -0.377 e. The van der Waals surface area contributed by atoms with Gasteiger partial charge in [-0.1, -0.05) is 6.92 Å². The van der Waals surface area contributed by atoms with Crippen molar-refractivity contribution in [3.63, 3.8) is 0 Å². The third-order valence-electron chi connectivity index (χ3n) is 4.06. The zero-order chi connectivity index (χ0) is 12.3. The molecule has 4 nitrogen and oxygen atoms in total. The monoisotopic (exact) mass is 240 g/mol. The van der Waals surface area contributed by atoms with Crippen molar-refractivity contribution < 1.29 is 9.53 Å². The molecule has 0 aliphatic carbocycles. The van der Waals surface area contributed by atoms with Gasteiger partial charge in [-0.2, -0.15) is 0 Å². The van der Waals surface area contributed by atoms with E-state index < -0.39 is 0 Å². The Morgan fingerprint density at radius 3 is 3.06 bits per heavy atom. The molecule has 17 heavy (non-hydrogen) atoms. The molecule has 0 saturated carbocycles. The number of amides is 1. The lowest BCUT2D eigenvalue weighted by atomic mass is 9.96. The van der Waals surface area contributed by atoms with Crippen LogP contribution in [0.15, 0.2) is 0 Å². The number of carbonyl (C=O) groups excluding carboxylic acids is 1. The number of nitrogens with one attached hydrogen (secondary N) is 2. The molecule has 4 heteroatoms. The summed E-state index contributed by atoms with van der Waals surface area (Å²) in [6, 6.07) is 0. The van der Waals surface area contributed by atoms with E-state index in [9.17, 15) is 4.79 Å². The normalized spacial score (nSPS) is 37.3. The van der Waals surface area contributed by atoms with Gasteiger partial charge in [-0.15, -0.1) is 0 Å². The first-order valence-electron chi connectivity index (χ1n) is 6.79. The van der Waals surface area contributed by atoms with Gasteiger partial charge in [-0.3, -0.25) is 4.79 Å². The molecule has 1 amide bonds. The number of rotatable bonds is 4. The molecule has 2 aliphatic rings. The third kappa shape index (κ3) is 2.99. The van der Waals surface area contributed by atoms with Gasteiger partial charge in [-0.25, -0.2) is 0 Å². The van der Waals surface area contributed by atoms with Crippen LogP contribution in [-0.2, 0) is 9.53 Å². The van der Waals surface area contributed by atoms with Gasteiger partial charge in [0.15, 0.2) is 0 Å². The molecule has 0 aromatic carbocycles. The minimum absolute atomic E-state index is 0.0602. The van der Waals surface area contributed by atoms with Crippen LogP contribution in [0.2, 0.25) is 0 Å². The van der Waals surface area contributed by atoms with Gasteiger partial charge in [0, 0.05) is 18.7 Å². The maximum atomic E-state index is 12.1. The van der Waals surface area contributed by atoms with E-state index in [1.807, 2.05) is 0 Å². The average Bonchev–Trinajstić information content (AvgIpc) is 2.95. The second kappa shape index (κ2) is 5.36. The van der Waals surface area contributed by atoms with Crippen molar-refractivity contribution in [1.82, 2.24) is 10.6 Å². The Morgan fingerprint density at radius 1 is 1.59 bits per heavy atom. The molecule has 0 aromatic heterocycles. The first kappa shape index (κ1) is 12.8. The Bertz CT molecular complexity index is 275. The molecule has 98 valence electrons. The first-order valence-corrected chi connectivity index (χ1v) is 6.79. The van der Waals surface area contributed by atoms with Gasteiger partial charge < -0.3 is 15.4 Å². The van der Waals surface area contributed by atoms with Crippen LogP contribution in [0.5, 0.6) is 0 Å². The maximum absolute atomic E-state index is 12.1. The number of hydrogen-bond acceptors (Lipinski definition) is 3. The van der Waals surface area contributed by atoms with Crippen LogP contribution in [0.4, 0.5) is 0 Å². The van der Waals surface area contributed by atoms with Crippen LogP contribution < -0.4 is 10.6 Å². The number of hydrogen-bond donors (Lipinski definition) is 2. The minimum atomic E-state index is 0.0602. The summed E-state index contributed by atoms with van der Waals surface area (Å²) in [5.41, 5.74) is 0.0941. The molecule has 2 aliphatic heterocycles. The lowest BCUT2D eigenvalue weighted by Gasteiger charge is -2.26. The van der Waals surface area contributed by atoms with E-state index in [0.29, 0.717) is 0 Å². The highest BCUT2D eigenvalue weighted by atomic mass is 16.5. The van der Waals surface area contributed by atoms with Crippen molar-refractivity contribution in [2.45, 2.75) is 51.2 Å². The van der Waals surface area contributed by atoms with E-state index in [0.717, 1.165) is 39.0 Å². The van der Waals surface area contributed by atoms with Crippen LogP contribution in [0.3, 0.4) is 0 Å². The van der Waals surface area contributed by atoms with Crippen molar-refractivity contribution in [2.24, 2.45) is 5.92 Å². The molecule has 0 bridgehead atoms. The summed E-state index contributed by atoms with van der Waals surface area (Å²) in [5.74, 6) is 0.231. The molecule has 0 radical (unpaired) electrons.